The van der Waals surface area contributed by atoms with E-state index >= 15 is 0 Å². The van der Waals surface area contributed by atoms with Crippen LogP contribution in [0.4, 0.5) is 0 Å². The first-order valence-corrected chi connectivity index (χ1v) is 9.19. The number of rotatable bonds is 4. The fourth-order valence-corrected chi connectivity index (χ4v) is 3.89. The van der Waals surface area contributed by atoms with E-state index in [-0.39, 0.29) is 17.7 Å². The van der Waals surface area contributed by atoms with Crippen LogP contribution < -0.4 is 5.32 Å². The van der Waals surface area contributed by atoms with Crippen LogP contribution in [0.2, 0.25) is 0 Å². The van der Waals surface area contributed by atoms with Crippen LogP contribution in [0.3, 0.4) is 0 Å². The van der Waals surface area contributed by atoms with Gasteiger partial charge >= 0.3 is 0 Å². The zero-order valence-electron chi connectivity index (χ0n) is 15.4. The fraction of sp³-hybridized carbons (Fsp3) is 0.667. The minimum Gasteiger partial charge on any atom is -0.361 e. The van der Waals surface area contributed by atoms with E-state index in [4.69, 9.17) is 4.52 Å². The lowest BCUT2D eigenvalue weighted by Crippen LogP contribution is -2.44. The van der Waals surface area contributed by atoms with Crippen molar-refractivity contribution in [2.45, 2.75) is 33.1 Å². The molecule has 1 aromatic heterocycles. The number of carbonyl (C=O) groups is 3. The monoisotopic (exact) mass is 362 g/mol. The van der Waals surface area contributed by atoms with Gasteiger partial charge in [0, 0.05) is 52.1 Å². The number of fused-ring (bicyclic) bond motifs is 1. The predicted octanol–water partition coefficient (Wildman–Crippen LogP) is 0.820. The van der Waals surface area contributed by atoms with Gasteiger partial charge in [-0.15, -0.1) is 0 Å². The van der Waals surface area contributed by atoms with Crippen molar-refractivity contribution < 1.29 is 18.9 Å². The average molecular weight is 362 g/mol. The van der Waals surface area contributed by atoms with Crippen LogP contribution in [-0.4, -0.2) is 65.4 Å². The first-order chi connectivity index (χ1) is 12.4. The lowest BCUT2D eigenvalue weighted by Gasteiger charge is -2.36. The predicted molar refractivity (Wildman–Crippen MR) is 93.2 cm³/mol. The van der Waals surface area contributed by atoms with Crippen molar-refractivity contribution >= 4 is 17.7 Å². The molecule has 2 saturated heterocycles. The molecule has 2 aliphatic heterocycles. The maximum absolute atomic E-state index is 12.6. The second kappa shape index (κ2) is 7.88. The minimum absolute atomic E-state index is 0.0850. The lowest BCUT2D eigenvalue weighted by molar-refractivity contribution is -0.132. The molecule has 2 fully saturated rings. The Bertz CT molecular complexity index is 686. The summed E-state index contributed by atoms with van der Waals surface area (Å²) in [5.74, 6) is 1.22. The number of likely N-dealkylation sites (tertiary alicyclic amines) is 2. The summed E-state index contributed by atoms with van der Waals surface area (Å²) in [5, 5.41) is 6.56. The van der Waals surface area contributed by atoms with Gasteiger partial charge in [-0.3, -0.25) is 14.4 Å². The molecule has 142 valence electrons. The molecule has 2 aliphatic rings. The van der Waals surface area contributed by atoms with Gasteiger partial charge < -0.3 is 19.6 Å². The third-order valence-corrected chi connectivity index (χ3v) is 5.34. The van der Waals surface area contributed by atoms with Gasteiger partial charge in [0.15, 0.2) is 5.69 Å². The van der Waals surface area contributed by atoms with Crippen LogP contribution in [0.25, 0.3) is 0 Å². The second-order valence-corrected chi connectivity index (χ2v) is 7.24. The van der Waals surface area contributed by atoms with Crippen molar-refractivity contribution in [2.24, 2.45) is 11.8 Å². The summed E-state index contributed by atoms with van der Waals surface area (Å²) in [6.45, 7) is 6.23. The Morgan fingerprint density at radius 3 is 2.77 bits per heavy atom. The van der Waals surface area contributed by atoms with Crippen molar-refractivity contribution in [3.05, 3.63) is 17.5 Å². The van der Waals surface area contributed by atoms with Crippen molar-refractivity contribution in [3.8, 4) is 0 Å². The van der Waals surface area contributed by atoms with E-state index in [1.54, 1.807) is 13.0 Å². The van der Waals surface area contributed by atoms with E-state index in [0.29, 0.717) is 62.4 Å². The molecule has 0 bridgehead atoms. The van der Waals surface area contributed by atoms with E-state index < -0.39 is 0 Å². The highest BCUT2D eigenvalue weighted by atomic mass is 16.5. The number of aromatic nitrogens is 1. The molecule has 0 radical (unpaired) electrons. The summed E-state index contributed by atoms with van der Waals surface area (Å²) in [6.07, 6.45) is 2.23. The van der Waals surface area contributed by atoms with Gasteiger partial charge in [-0.2, -0.15) is 0 Å². The number of carbonyl (C=O) groups excluding carboxylic acids is 3. The van der Waals surface area contributed by atoms with Crippen LogP contribution in [0, 0.1) is 18.8 Å². The molecule has 2 unspecified atom stereocenters. The number of aryl methyl sites for hydroxylation is 1. The van der Waals surface area contributed by atoms with E-state index in [2.05, 4.69) is 10.5 Å². The van der Waals surface area contributed by atoms with Crippen LogP contribution in [-0.2, 0) is 9.59 Å². The summed E-state index contributed by atoms with van der Waals surface area (Å²) >= 11 is 0. The molecular weight excluding hydrogens is 336 g/mol. The molecule has 3 rings (SSSR count). The second-order valence-electron chi connectivity index (χ2n) is 7.24. The zero-order chi connectivity index (χ0) is 18.7. The Balaban J connectivity index is 1.58. The number of hydrogen-bond acceptors (Lipinski definition) is 5. The third-order valence-electron chi connectivity index (χ3n) is 5.34. The van der Waals surface area contributed by atoms with Gasteiger partial charge in [-0.05, 0) is 31.6 Å². The summed E-state index contributed by atoms with van der Waals surface area (Å²) < 4.78 is 5.01. The van der Waals surface area contributed by atoms with Gasteiger partial charge in [-0.25, -0.2) is 0 Å². The van der Waals surface area contributed by atoms with Crippen molar-refractivity contribution in [1.82, 2.24) is 20.3 Å². The van der Waals surface area contributed by atoms with E-state index in [1.165, 1.54) is 6.92 Å². The van der Waals surface area contributed by atoms with Crippen LogP contribution >= 0.6 is 0 Å². The highest BCUT2D eigenvalue weighted by molar-refractivity contribution is 5.92. The topological polar surface area (TPSA) is 95.8 Å². The average Bonchev–Trinajstić information content (AvgIpc) is 2.97. The maximum atomic E-state index is 12.6. The number of nitrogens with one attached hydrogen (secondary N) is 1. The number of piperidine rings is 1. The fourth-order valence-electron chi connectivity index (χ4n) is 3.89. The molecule has 26 heavy (non-hydrogen) atoms. The van der Waals surface area contributed by atoms with Gasteiger partial charge in [-0.1, -0.05) is 5.16 Å². The Hall–Kier alpha value is -2.38. The van der Waals surface area contributed by atoms with Gasteiger partial charge in [0.1, 0.15) is 5.76 Å². The molecule has 0 aromatic carbocycles. The van der Waals surface area contributed by atoms with Crippen molar-refractivity contribution in [3.63, 3.8) is 0 Å². The van der Waals surface area contributed by atoms with Crippen LogP contribution in [0.5, 0.6) is 0 Å². The minimum atomic E-state index is -0.0987. The molecule has 3 amide bonds. The smallest absolute Gasteiger partial charge is 0.276 e. The summed E-state index contributed by atoms with van der Waals surface area (Å²) in [6, 6.07) is 1.66. The summed E-state index contributed by atoms with van der Waals surface area (Å²) in [7, 11) is 0. The molecule has 0 saturated carbocycles. The molecule has 1 aromatic rings. The van der Waals surface area contributed by atoms with E-state index in [0.717, 1.165) is 12.8 Å². The molecule has 8 heteroatoms. The van der Waals surface area contributed by atoms with Crippen molar-refractivity contribution in [1.29, 1.82) is 0 Å². The van der Waals surface area contributed by atoms with Gasteiger partial charge in [0.2, 0.25) is 11.8 Å². The quantitative estimate of drug-likeness (QED) is 0.855. The summed E-state index contributed by atoms with van der Waals surface area (Å²) in [4.78, 5) is 39.7. The molecule has 2 atom stereocenters. The first-order valence-electron chi connectivity index (χ1n) is 9.19. The molecular formula is C18H26N4O4. The Morgan fingerprint density at radius 1 is 1.31 bits per heavy atom. The molecule has 0 aliphatic carbocycles. The van der Waals surface area contributed by atoms with Gasteiger partial charge in [0.05, 0.1) is 0 Å². The molecule has 8 nitrogen and oxygen atoms in total. The highest BCUT2D eigenvalue weighted by Gasteiger charge is 2.36. The van der Waals surface area contributed by atoms with Gasteiger partial charge in [0.25, 0.3) is 5.91 Å². The SMILES string of the molecule is CC(=O)NCCN1CCC2CN(C(=O)c3cc(C)on3)CCC2CC1=O. The Morgan fingerprint density at radius 2 is 2.08 bits per heavy atom. The number of nitrogens with zero attached hydrogens (tertiary/aromatic N) is 3. The van der Waals surface area contributed by atoms with E-state index in [9.17, 15) is 14.4 Å². The van der Waals surface area contributed by atoms with E-state index in [1.807, 2.05) is 9.80 Å². The third kappa shape index (κ3) is 4.23. The first kappa shape index (κ1) is 18.4. The maximum Gasteiger partial charge on any atom is 0.276 e. The van der Waals surface area contributed by atoms with Crippen LogP contribution in [0.15, 0.2) is 10.6 Å². The van der Waals surface area contributed by atoms with Crippen molar-refractivity contribution in [2.75, 3.05) is 32.7 Å². The Kier molecular flexibility index (Phi) is 5.58. The summed E-state index contributed by atoms with van der Waals surface area (Å²) in [5.41, 5.74) is 0.350. The standard InChI is InChI=1S/C18H26N4O4/c1-12-9-16(20-26-12)18(25)22-7-3-14-10-17(24)21(6-4-15(14)11-22)8-5-19-13(2)23/h9,14-15H,3-8,10-11H2,1-2H3,(H,19,23). The number of amides is 3. The largest absolute Gasteiger partial charge is 0.361 e. The molecule has 3 heterocycles. The number of hydrogen-bond donors (Lipinski definition) is 1. The molecule has 1 N–H and O–H groups in total. The normalized spacial score (nSPS) is 23.4. The zero-order valence-corrected chi connectivity index (χ0v) is 15.4. The lowest BCUT2D eigenvalue weighted by atomic mass is 9.82. The Labute approximate surface area is 152 Å². The molecule has 0 spiro atoms. The van der Waals surface area contributed by atoms with Crippen LogP contribution in [0.1, 0.15) is 42.4 Å². The highest BCUT2D eigenvalue weighted by Crippen LogP contribution is 2.32.